The minimum Gasteiger partial charge on any atom is -0.326 e. The molecule has 0 saturated carbocycles. The molecule has 8 heteroatoms. The lowest BCUT2D eigenvalue weighted by Gasteiger charge is -2.08. The van der Waals surface area contributed by atoms with Crippen LogP contribution in [0.4, 0.5) is 11.4 Å². The molecule has 0 bridgehead atoms. The van der Waals surface area contributed by atoms with Crippen LogP contribution in [0.25, 0.3) is 0 Å². The first-order chi connectivity index (χ1) is 13.4. The van der Waals surface area contributed by atoms with Crippen molar-refractivity contribution in [1.29, 1.82) is 0 Å². The largest absolute Gasteiger partial charge is 0.326 e. The summed E-state index contributed by atoms with van der Waals surface area (Å²) in [6, 6.07) is 11.8. The molecule has 2 heterocycles. The van der Waals surface area contributed by atoms with Gasteiger partial charge in [-0.3, -0.25) is 19.1 Å². The fourth-order valence-corrected chi connectivity index (χ4v) is 3.21. The average Bonchev–Trinajstić information content (AvgIpc) is 3.22. The van der Waals surface area contributed by atoms with Gasteiger partial charge in [-0.2, -0.15) is 5.10 Å². The van der Waals surface area contributed by atoms with E-state index in [9.17, 15) is 14.4 Å². The van der Waals surface area contributed by atoms with Gasteiger partial charge in [0.15, 0.2) is 5.78 Å². The summed E-state index contributed by atoms with van der Waals surface area (Å²) in [5.41, 5.74) is 3.11. The topological polar surface area (TPSA) is 93.1 Å². The highest BCUT2D eigenvalue weighted by Crippen LogP contribution is 2.26. The number of anilines is 2. The standard InChI is InChI=1S/C20H15ClN4O3/c1-25-19(21)15(10-22-25)20(28)23-14-4-2-3-12(7-14)18(27)13-6-5-11-9-17(26)24-16(11)8-13/h2-8,10H,9H2,1H3,(H,23,28)(H,24,26). The maximum Gasteiger partial charge on any atom is 0.260 e. The summed E-state index contributed by atoms with van der Waals surface area (Å²) in [5.74, 6) is -0.708. The summed E-state index contributed by atoms with van der Waals surface area (Å²) >= 11 is 6.04. The molecule has 0 saturated heterocycles. The maximum atomic E-state index is 12.8. The van der Waals surface area contributed by atoms with Gasteiger partial charge in [0, 0.05) is 29.5 Å². The molecule has 7 nitrogen and oxygen atoms in total. The number of hydrogen-bond donors (Lipinski definition) is 2. The number of benzene rings is 2. The molecular formula is C20H15ClN4O3. The number of halogens is 1. The summed E-state index contributed by atoms with van der Waals surface area (Å²) in [5, 5.41) is 9.62. The van der Waals surface area contributed by atoms with Crippen LogP contribution in [0, 0.1) is 0 Å². The number of fused-ring (bicyclic) bond motifs is 1. The number of rotatable bonds is 4. The highest BCUT2D eigenvalue weighted by atomic mass is 35.5. The first-order valence-electron chi connectivity index (χ1n) is 8.49. The predicted molar refractivity (Wildman–Crippen MR) is 105 cm³/mol. The molecule has 4 rings (SSSR count). The Morgan fingerprint density at radius 3 is 2.71 bits per heavy atom. The Hall–Kier alpha value is -3.45. The normalized spacial score (nSPS) is 12.4. The highest BCUT2D eigenvalue weighted by molar-refractivity contribution is 6.33. The van der Waals surface area contributed by atoms with E-state index in [1.807, 2.05) is 0 Å². The van der Waals surface area contributed by atoms with Crippen LogP contribution >= 0.6 is 11.6 Å². The van der Waals surface area contributed by atoms with Crippen molar-refractivity contribution >= 4 is 40.6 Å². The van der Waals surface area contributed by atoms with Crippen LogP contribution in [0.5, 0.6) is 0 Å². The second kappa shape index (κ2) is 6.94. The molecule has 0 spiro atoms. The van der Waals surface area contributed by atoms with Crippen LogP contribution < -0.4 is 10.6 Å². The van der Waals surface area contributed by atoms with Crippen LogP contribution in [-0.4, -0.2) is 27.4 Å². The van der Waals surface area contributed by atoms with Gasteiger partial charge >= 0.3 is 0 Å². The summed E-state index contributed by atoms with van der Waals surface area (Å²) in [6.07, 6.45) is 1.70. The van der Waals surface area contributed by atoms with E-state index in [1.165, 1.54) is 10.9 Å². The van der Waals surface area contributed by atoms with Crippen molar-refractivity contribution in [2.24, 2.45) is 7.05 Å². The predicted octanol–water partition coefficient (Wildman–Crippen LogP) is 3.05. The monoisotopic (exact) mass is 394 g/mol. The molecule has 0 fully saturated rings. The Morgan fingerprint density at radius 1 is 1.18 bits per heavy atom. The summed E-state index contributed by atoms with van der Waals surface area (Å²) in [6.45, 7) is 0. The zero-order valence-electron chi connectivity index (χ0n) is 14.8. The van der Waals surface area contributed by atoms with Gasteiger partial charge in [-0.25, -0.2) is 0 Å². The second-order valence-electron chi connectivity index (χ2n) is 6.43. The molecule has 0 aliphatic carbocycles. The summed E-state index contributed by atoms with van der Waals surface area (Å²) in [7, 11) is 1.64. The number of ketones is 1. The number of carbonyl (C=O) groups is 3. The third kappa shape index (κ3) is 3.27. The van der Waals surface area contributed by atoms with Crippen LogP contribution in [0.2, 0.25) is 5.15 Å². The molecule has 1 aromatic heterocycles. The lowest BCUT2D eigenvalue weighted by Crippen LogP contribution is -2.12. The van der Waals surface area contributed by atoms with Crippen molar-refractivity contribution in [3.63, 3.8) is 0 Å². The quantitative estimate of drug-likeness (QED) is 0.665. The Balaban J connectivity index is 1.56. The van der Waals surface area contributed by atoms with Gasteiger partial charge in [0.05, 0.1) is 18.2 Å². The molecule has 1 aliphatic rings. The van der Waals surface area contributed by atoms with Crippen LogP contribution in [-0.2, 0) is 18.3 Å². The molecule has 2 N–H and O–H groups in total. The van der Waals surface area contributed by atoms with Crippen molar-refractivity contribution in [2.45, 2.75) is 6.42 Å². The van der Waals surface area contributed by atoms with E-state index in [-0.39, 0.29) is 22.4 Å². The van der Waals surface area contributed by atoms with Crippen molar-refractivity contribution in [1.82, 2.24) is 9.78 Å². The van der Waals surface area contributed by atoms with Gasteiger partial charge in [0.2, 0.25) is 5.91 Å². The molecule has 140 valence electrons. The van der Waals surface area contributed by atoms with Crippen molar-refractivity contribution in [2.75, 3.05) is 10.6 Å². The first kappa shape index (κ1) is 17.9. The van der Waals surface area contributed by atoms with E-state index in [2.05, 4.69) is 15.7 Å². The average molecular weight is 395 g/mol. The third-order valence-corrected chi connectivity index (χ3v) is 4.94. The second-order valence-corrected chi connectivity index (χ2v) is 6.79. The van der Waals surface area contributed by atoms with Gasteiger partial charge in [0.1, 0.15) is 5.15 Å². The van der Waals surface area contributed by atoms with Crippen LogP contribution in [0.15, 0.2) is 48.7 Å². The minimum atomic E-state index is -0.414. The molecule has 2 aromatic carbocycles. The number of aromatic nitrogens is 2. The fraction of sp³-hybridized carbons (Fsp3) is 0.100. The van der Waals surface area contributed by atoms with Crippen LogP contribution in [0.1, 0.15) is 31.8 Å². The van der Waals surface area contributed by atoms with Gasteiger partial charge in [-0.15, -0.1) is 0 Å². The number of carbonyl (C=O) groups excluding carboxylic acids is 3. The zero-order valence-corrected chi connectivity index (χ0v) is 15.6. The number of nitrogens with one attached hydrogen (secondary N) is 2. The Labute approximate surface area is 165 Å². The molecule has 28 heavy (non-hydrogen) atoms. The van der Waals surface area contributed by atoms with E-state index in [0.717, 1.165) is 5.56 Å². The van der Waals surface area contributed by atoms with E-state index >= 15 is 0 Å². The van der Waals surface area contributed by atoms with Crippen molar-refractivity contribution in [3.05, 3.63) is 76.1 Å². The lowest BCUT2D eigenvalue weighted by molar-refractivity contribution is -0.115. The molecule has 0 unspecified atom stereocenters. The summed E-state index contributed by atoms with van der Waals surface area (Å²) in [4.78, 5) is 36.7. The van der Waals surface area contributed by atoms with Crippen molar-refractivity contribution in [3.8, 4) is 0 Å². The van der Waals surface area contributed by atoms with E-state index < -0.39 is 5.91 Å². The van der Waals surface area contributed by atoms with Gasteiger partial charge < -0.3 is 10.6 Å². The van der Waals surface area contributed by atoms with Gasteiger partial charge in [-0.05, 0) is 23.8 Å². The molecular weight excluding hydrogens is 380 g/mol. The number of hydrogen-bond acceptors (Lipinski definition) is 4. The fourth-order valence-electron chi connectivity index (χ4n) is 3.03. The van der Waals surface area contributed by atoms with Gasteiger partial charge in [0.25, 0.3) is 5.91 Å². The minimum absolute atomic E-state index is 0.0848. The SMILES string of the molecule is Cn1ncc(C(=O)Nc2cccc(C(=O)c3ccc4c(c3)NC(=O)C4)c2)c1Cl. The number of nitrogens with zero attached hydrogens (tertiary/aromatic N) is 2. The first-order valence-corrected chi connectivity index (χ1v) is 8.86. The molecule has 0 atom stereocenters. The molecule has 2 amide bonds. The Bertz CT molecular complexity index is 1140. The highest BCUT2D eigenvalue weighted by Gasteiger charge is 2.20. The van der Waals surface area contributed by atoms with Crippen LogP contribution in [0.3, 0.4) is 0 Å². The summed E-state index contributed by atoms with van der Waals surface area (Å²) < 4.78 is 1.39. The van der Waals surface area contributed by atoms with E-state index in [1.54, 1.807) is 49.5 Å². The zero-order chi connectivity index (χ0) is 19.8. The third-order valence-electron chi connectivity index (χ3n) is 4.49. The molecule has 1 aliphatic heterocycles. The smallest absolute Gasteiger partial charge is 0.260 e. The molecule has 3 aromatic rings. The maximum absolute atomic E-state index is 12.8. The van der Waals surface area contributed by atoms with E-state index in [0.29, 0.717) is 28.9 Å². The Kier molecular flexibility index (Phi) is 4.44. The van der Waals surface area contributed by atoms with E-state index in [4.69, 9.17) is 11.6 Å². The number of aryl methyl sites for hydroxylation is 1. The van der Waals surface area contributed by atoms with Gasteiger partial charge in [-0.1, -0.05) is 35.9 Å². The van der Waals surface area contributed by atoms with Crippen molar-refractivity contribution < 1.29 is 14.4 Å². The number of amides is 2. The molecule has 0 radical (unpaired) electrons. The Morgan fingerprint density at radius 2 is 1.96 bits per heavy atom. The lowest BCUT2D eigenvalue weighted by atomic mass is 10.0.